The van der Waals surface area contributed by atoms with Crippen molar-refractivity contribution < 1.29 is 9.53 Å². The molecule has 1 heterocycles. The van der Waals surface area contributed by atoms with Gasteiger partial charge in [-0.25, -0.2) is 10.2 Å². The van der Waals surface area contributed by atoms with Crippen LogP contribution in [-0.2, 0) is 4.74 Å². The number of urea groups is 1. The van der Waals surface area contributed by atoms with Gasteiger partial charge in [0.1, 0.15) is 0 Å². The third-order valence-corrected chi connectivity index (χ3v) is 2.94. The van der Waals surface area contributed by atoms with Crippen molar-refractivity contribution in [2.75, 3.05) is 13.2 Å². The first-order valence-electron chi connectivity index (χ1n) is 5.96. The quantitative estimate of drug-likeness (QED) is 0.424. The lowest BCUT2D eigenvalue weighted by molar-refractivity contribution is 0.111. The van der Waals surface area contributed by atoms with Gasteiger partial charge in [0.25, 0.3) is 0 Å². The summed E-state index contributed by atoms with van der Waals surface area (Å²) in [6, 6.07) is 0.187. The normalized spacial score (nSPS) is 22.9. The number of thiocarbonyl (C=S) groups is 1. The largest absolute Gasteiger partial charge is 0.376 e. The van der Waals surface area contributed by atoms with E-state index in [0.29, 0.717) is 17.7 Å². The predicted octanol–water partition coefficient (Wildman–Crippen LogP) is 0.00610. The zero-order chi connectivity index (χ0) is 12.1. The van der Waals surface area contributed by atoms with Crippen LogP contribution in [0.3, 0.4) is 0 Å². The molecule has 0 aromatic carbocycles. The van der Waals surface area contributed by atoms with Crippen LogP contribution < -0.4 is 21.5 Å². The Hall–Kier alpha value is -1.08. The first-order valence-corrected chi connectivity index (χ1v) is 6.37. The minimum Gasteiger partial charge on any atom is -0.376 e. The molecular weight excluding hydrogens is 240 g/mol. The highest BCUT2D eigenvalue weighted by atomic mass is 32.1. The Labute approximate surface area is 106 Å². The Kier molecular flexibility index (Phi) is 4.38. The molecule has 0 bridgehead atoms. The van der Waals surface area contributed by atoms with E-state index in [1.807, 2.05) is 0 Å². The van der Waals surface area contributed by atoms with Gasteiger partial charge in [-0.2, -0.15) is 0 Å². The summed E-state index contributed by atoms with van der Waals surface area (Å²) in [4.78, 5) is 11.4. The third-order valence-electron chi connectivity index (χ3n) is 2.72. The van der Waals surface area contributed by atoms with Gasteiger partial charge >= 0.3 is 6.03 Å². The lowest BCUT2D eigenvalue weighted by atomic mass is 10.2. The molecule has 1 aliphatic heterocycles. The number of hydrogen-bond donors (Lipinski definition) is 4. The van der Waals surface area contributed by atoms with Crippen LogP contribution in [-0.4, -0.2) is 36.4 Å². The highest BCUT2D eigenvalue weighted by Gasteiger charge is 2.21. The van der Waals surface area contributed by atoms with Crippen molar-refractivity contribution in [1.82, 2.24) is 21.5 Å². The van der Waals surface area contributed by atoms with Crippen LogP contribution in [0.1, 0.15) is 25.7 Å². The SMILES string of the molecule is O=C(NC[C@@H]1CCCO1)NNC(=S)NC1CC1. The molecule has 1 saturated carbocycles. The average Bonchev–Trinajstić information content (AvgIpc) is 2.96. The van der Waals surface area contributed by atoms with Crippen LogP contribution in [0.15, 0.2) is 0 Å². The van der Waals surface area contributed by atoms with E-state index in [-0.39, 0.29) is 12.1 Å². The van der Waals surface area contributed by atoms with Crippen LogP contribution in [0.2, 0.25) is 0 Å². The molecule has 2 rings (SSSR count). The fraction of sp³-hybridized carbons (Fsp3) is 0.800. The van der Waals surface area contributed by atoms with Gasteiger partial charge < -0.3 is 15.4 Å². The molecule has 1 saturated heterocycles. The number of rotatable bonds is 3. The molecule has 0 radical (unpaired) electrons. The lowest BCUT2D eigenvalue weighted by Crippen LogP contribution is -2.51. The number of hydrazine groups is 1. The Bertz CT molecular complexity index is 290. The Morgan fingerprint density at radius 3 is 2.76 bits per heavy atom. The molecule has 4 N–H and O–H groups in total. The van der Waals surface area contributed by atoms with E-state index in [1.54, 1.807) is 0 Å². The van der Waals surface area contributed by atoms with E-state index in [4.69, 9.17) is 17.0 Å². The van der Waals surface area contributed by atoms with Crippen LogP contribution >= 0.6 is 12.2 Å². The highest BCUT2D eigenvalue weighted by Crippen LogP contribution is 2.18. The number of carbonyl (C=O) groups excluding carboxylic acids is 1. The topological polar surface area (TPSA) is 74.4 Å². The van der Waals surface area contributed by atoms with Gasteiger partial charge in [0.2, 0.25) is 0 Å². The second-order valence-corrected chi connectivity index (χ2v) is 4.75. The van der Waals surface area contributed by atoms with Crippen LogP contribution in [0.25, 0.3) is 0 Å². The van der Waals surface area contributed by atoms with E-state index in [0.717, 1.165) is 32.3 Å². The highest BCUT2D eigenvalue weighted by molar-refractivity contribution is 7.80. The molecule has 0 aromatic rings. The molecular formula is C10H18N4O2S. The number of carbonyl (C=O) groups is 1. The van der Waals surface area contributed by atoms with Gasteiger partial charge in [-0.15, -0.1) is 0 Å². The third kappa shape index (κ3) is 4.74. The molecule has 0 spiro atoms. The molecule has 6 nitrogen and oxygen atoms in total. The molecule has 2 amide bonds. The van der Waals surface area contributed by atoms with Crippen LogP contribution in [0.5, 0.6) is 0 Å². The monoisotopic (exact) mass is 258 g/mol. The van der Waals surface area contributed by atoms with Gasteiger partial charge in [-0.1, -0.05) is 0 Å². The van der Waals surface area contributed by atoms with Crippen molar-refractivity contribution in [3.63, 3.8) is 0 Å². The predicted molar refractivity (Wildman–Crippen MR) is 67.4 cm³/mol. The summed E-state index contributed by atoms with van der Waals surface area (Å²) in [5.74, 6) is 0. The fourth-order valence-electron chi connectivity index (χ4n) is 1.62. The molecule has 1 aliphatic carbocycles. The summed E-state index contributed by atoms with van der Waals surface area (Å²) in [5.41, 5.74) is 5.13. The van der Waals surface area contributed by atoms with Crippen molar-refractivity contribution in [2.24, 2.45) is 0 Å². The van der Waals surface area contributed by atoms with E-state index in [9.17, 15) is 4.79 Å². The van der Waals surface area contributed by atoms with E-state index < -0.39 is 0 Å². The summed E-state index contributed by atoms with van der Waals surface area (Å²) >= 11 is 4.99. The summed E-state index contributed by atoms with van der Waals surface area (Å²) in [6.45, 7) is 1.33. The van der Waals surface area contributed by atoms with E-state index in [1.165, 1.54) is 0 Å². The van der Waals surface area contributed by atoms with Crippen molar-refractivity contribution in [3.05, 3.63) is 0 Å². The minimum atomic E-state index is -0.291. The van der Waals surface area contributed by atoms with Gasteiger partial charge in [0.15, 0.2) is 5.11 Å². The lowest BCUT2D eigenvalue weighted by Gasteiger charge is -2.13. The van der Waals surface area contributed by atoms with Gasteiger partial charge in [0, 0.05) is 19.2 Å². The molecule has 0 aromatic heterocycles. The van der Waals surface area contributed by atoms with E-state index in [2.05, 4.69) is 21.5 Å². The molecule has 96 valence electrons. The molecule has 2 aliphatic rings. The van der Waals surface area contributed by atoms with Gasteiger partial charge in [-0.3, -0.25) is 5.43 Å². The fourth-order valence-corrected chi connectivity index (χ4v) is 1.84. The first-order chi connectivity index (χ1) is 8.24. The second kappa shape index (κ2) is 6.02. The smallest absolute Gasteiger partial charge is 0.333 e. The summed E-state index contributed by atoms with van der Waals surface area (Å²) in [7, 11) is 0. The summed E-state index contributed by atoms with van der Waals surface area (Å²) in [6.07, 6.45) is 4.52. The Morgan fingerprint density at radius 1 is 1.29 bits per heavy atom. The Morgan fingerprint density at radius 2 is 2.12 bits per heavy atom. The van der Waals surface area contributed by atoms with Crippen molar-refractivity contribution >= 4 is 23.4 Å². The number of amides is 2. The van der Waals surface area contributed by atoms with Crippen molar-refractivity contribution in [3.8, 4) is 0 Å². The van der Waals surface area contributed by atoms with Gasteiger partial charge in [-0.05, 0) is 37.9 Å². The minimum absolute atomic E-state index is 0.150. The van der Waals surface area contributed by atoms with Crippen molar-refractivity contribution in [1.29, 1.82) is 0 Å². The maximum atomic E-state index is 11.4. The first kappa shape index (κ1) is 12.4. The zero-order valence-corrected chi connectivity index (χ0v) is 10.4. The van der Waals surface area contributed by atoms with Crippen LogP contribution in [0.4, 0.5) is 4.79 Å². The molecule has 17 heavy (non-hydrogen) atoms. The second-order valence-electron chi connectivity index (χ2n) is 4.34. The summed E-state index contributed by atoms with van der Waals surface area (Å²) < 4.78 is 5.39. The Balaban J connectivity index is 1.51. The summed E-state index contributed by atoms with van der Waals surface area (Å²) in [5, 5.41) is 6.24. The number of hydrogen-bond acceptors (Lipinski definition) is 3. The molecule has 7 heteroatoms. The maximum absolute atomic E-state index is 11.4. The van der Waals surface area contributed by atoms with Gasteiger partial charge in [0.05, 0.1) is 6.10 Å². The molecule has 0 unspecified atom stereocenters. The molecule has 1 atom stereocenters. The van der Waals surface area contributed by atoms with Crippen molar-refractivity contribution in [2.45, 2.75) is 37.8 Å². The maximum Gasteiger partial charge on any atom is 0.333 e. The zero-order valence-electron chi connectivity index (χ0n) is 9.62. The van der Waals surface area contributed by atoms with Crippen LogP contribution in [0, 0.1) is 0 Å². The molecule has 2 fully saturated rings. The number of nitrogens with one attached hydrogen (secondary N) is 4. The van der Waals surface area contributed by atoms with E-state index >= 15 is 0 Å². The standard InChI is InChI=1S/C10H18N4O2S/c15-9(11-6-8-2-1-5-16-8)13-14-10(17)12-7-3-4-7/h7-8H,1-6H2,(H2,11,13,15)(H2,12,14,17)/t8-/m0/s1. The average molecular weight is 258 g/mol. The number of ether oxygens (including phenoxy) is 1.